The van der Waals surface area contributed by atoms with E-state index in [9.17, 15) is 4.79 Å². The predicted octanol–water partition coefficient (Wildman–Crippen LogP) is 7.22. The first-order valence-corrected chi connectivity index (χ1v) is 13.9. The fourth-order valence-electron chi connectivity index (χ4n) is 6.25. The Labute approximate surface area is 236 Å². The largest absolute Gasteiger partial charge is 0.440 e. The Morgan fingerprint density at radius 2 is 1.45 bits per heavy atom. The maximum Gasteiger partial charge on any atom is 0.340 e. The third-order valence-electron chi connectivity index (χ3n) is 8.27. The van der Waals surface area contributed by atoms with Gasteiger partial charge in [0.2, 0.25) is 0 Å². The number of aryl methyl sites for hydroxylation is 1. The summed E-state index contributed by atoms with van der Waals surface area (Å²) in [6.45, 7) is 6.18. The van der Waals surface area contributed by atoms with Crippen molar-refractivity contribution >= 4 is 28.2 Å². The predicted molar refractivity (Wildman–Crippen MR) is 164 cm³/mol. The Bertz CT molecular complexity index is 1700. The molecule has 1 aromatic heterocycles. The van der Waals surface area contributed by atoms with Crippen molar-refractivity contribution in [3.05, 3.63) is 119 Å². The van der Waals surface area contributed by atoms with Crippen LogP contribution in [0.1, 0.15) is 40.9 Å². The highest BCUT2D eigenvalue weighted by Gasteiger charge is 2.51. The molecule has 5 nitrogen and oxygen atoms in total. The van der Waals surface area contributed by atoms with Crippen LogP contribution in [0, 0.1) is 0 Å². The molecule has 0 radical (unpaired) electrons. The SMILES string of the molecule is CCN(CC)c1ccc(C2(c3c(-c4ccccc4)n(C)c4ccccc34)OC(=O)c3ccc(N(C)C)cc32)cc1. The number of benzene rings is 4. The van der Waals surface area contributed by atoms with Crippen LogP contribution in [0.15, 0.2) is 97.1 Å². The van der Waals surface area contributed by atoms with Crippen LogP contribution in [-0.4, -0.2) is 37.7 Å². The van der Waals surface area contributed by atoms with E-state index >= 15 is 0 Å². The molecule has 1 aliphatic rings. The van der Waals surface area contributed by atoms with Crippen LogP contribution < -0.4 is 9.80 Å². The van der Waals surface area contributed by atoms with Gasteiger partial charge in [0, 0.05) is 73.2 Å². The Hall–Kier alpha value is -4.51. The average Bonchev–Trinajstić information content (AvgIpc) is 3.45. The highest BCUT2D eigenvalue weighted by atomic mass is 16.6. The first-order chi connectivity index (χ1) is 19.4. The molecule has 5 heteroatoms. The van der Waals surface area contributed by atoms with Gasteiger partial charge in [-0.2, -0.15) is 0 Å². The molecule has 1 atom stereocenters. The van der Waals surface area contributed by atoms with Gasteiger partial charge in [0.1, 0.15) is 0 Å². The van der Waals surface area contributed by atoms with Crippen LogP contribution in [0.25, 0.3) is 22.2 Å². The minimum Gasteiger partial charge on any atom is -0.440 e. The van der Waals surface area contributed by atoms with Gasteiger partial charge in [0.05, 0.1) is 11.3 Å². The van der Waals surface area contributed by atoms with E-state index in [1.165, 1.54) is 0 Å². The summed E-state index contributed by atoms with van der Waals surface area (Å²) in [5, 5.41) is 1.06. The molecule has 202 valence electrons. The summed E-state index contributed by atoms with van der Waals surface area (Å²) in [5.41, 5.74) is 7.61. The Balaban J connectivity index is 1.74. The van der Waals surface area contributed by atoms with Gasteiger partial charge in [-0.15, -0.1) is 0 Å². The van der Waals surface area contributed by atoms with Crippen molar-refractivity contribution in [2.24, 2.45) is 7.05 Å². The standard InChI is InChI=1S/C35H35N3O2/c1-6-38(7-2)26-19-17-25(18-20-26)35(30-23-27(36(3)4)21-22-28(30)34(39)40-35)32-29-15-11-12-16-31(29)37(5)33(32)24-13-9-8-10-14-24/h8-23H,6-7H2,1-5H3. The molecule has 0 fully saturated rings. The number of para-hydroxylation sites is 1. The summed E-state index contributed by atoms with van der Waals surface area (Å²) in [6.07, 6.45) is 0. The van der Waals surface area contributed by atoms with E-state index in [4.69, 9.17) is 4.74 Å². The number of esters is 1. The van der Waals surface area contributed by atoms with Gasteiger partial charge in [-0.05, 0) is 55.8 Å². The highest BCUT2D eigenvalue weighted by molar-refractivity contribution is 6.01. The molecule has 4 aromatic carbocycles. The van der Waals surface area contributed by atoms with E-state index in [1.807, 2.05) is 32.3 Å². The van der Waals surface area contributed by atoms with Crippen molar-refractivity contribution in [3.8, 4) is 11.3 Å². The first kappa shape index (κ1) is 25.8. The van der Waals surface area contributed by atoms with Crippen molar-refractivity contribution < 1.29 is 9.53 Å². The maximum absolute atomic E-state index is 13.7. The fourth-order valence-corrected chi connectivity index (χ4v) is 6.25. The lowest BCUT2D eigenvalue weighted by molar-refractivity contribution is 0.0257. The normalized spacial score (nSPS) is 16.2. The molecule has 1 unspecified atom stereocenters. The van der Waals surface area contributed by atoms with Crippen molar-refractivity contribution in [2.45, 2.75) is 19.4 Å². The molecule has 6 rings (SSSR count). The molecule has 1 aliphatic heterocycles. The van der Waals surface area contributed by atoms with Gasteiger partial charge >= 0.3 is 5.97 Å². The van der Waals surface area contributed by atoms with E-state index in [0.717, 1.165) is 63.3 Å². The summed E-state index contributed by atoms with van der Waals surface area (Å²) >= 11 is 0. The average molecular weight is 530 g/mol. The van der Waals surface area contributed by atoms with E-state index in [1.54, 1.807) is 0 Å². The second kappa shape index (κ2) is 9.91. The van der Waals surface area contributed by atoms with Crippen molar-refractivity contribution in [2.75, 3.05) is 37.0 Å². The third-order valence-corrected chi connectivity index (χ3v) is 8.27. The summed E-state index contributed by atoms with van der Waals surface area (Å²) in [6, 6.07) is 33.4. The number of fused-ring (bicyclic) bond motifs is 2. The number of nitrogens with zero attached hydrogens (tertiary/aromatic N) is 3. The number of anilines is 2. The molecule has 40 heavy (non-hydrogen) atoms. The summed E-state index contributed by atoms with van der Waals surface area (Å²) < 4.78 is 8.91. The second-order valence-electron chi connectivity index (χ2n) is 10.6. The molecule has 0 bridgehead atoms. The van der Waals surface area contributed by atoms with E-state index in [-0.39, 0.29) is 5.97 Å². The van der Waals surface area contributed by atoms with Crippen LogP contribution >= 0.6 is 0 Å². The number of aromatic nitrogens is 1. The van der Waals surface area contributed by atoms with Crippen molar-refractivity contribution in [1.29, 1.82) is 0 Å². The van der Waals surface area contributed by atoms with Gasteiger partial charge in [0.15, 0.2) is 5.60 Å². The molecule has 5 aromatic rings. The van der Waals surface area contributed by atoms with Crippen LogP contribution in [0.2, 0.25) is 0 Å². The number of rotatable bonds is 7. The summed E-state index contributed by atoms with van der Waals surface area (Å²) in [4.78, 5) is 18.1. The summed E-state index contributed by atoms with van der Waals surface area (Å²) in [7, 11) is 6.14. The third kappa shape index (κ3) is 3.80. The minimum absolute atomic E-state index is 0.305. The molecule has 0 amide bonds. The highest BCUT2D eigenvalue weighted by Crippen LogP contribution is 2.53. The maximum atomic E-state index is 13.7. The lowest BCUT2D eigenvalue weighted by atomic mass is 9.77. The quantitative estimate of drug-likeness (QED) is 0.209. The zero-order valence-corrected chi connectivity index (χ0v) is 23.8. The summed E-state index contributed by atoms with van der Waals surface area (Å²) in [5.74, 6) is -0.305. The van der Waals surface area contributed by atoms with Gasteiger partial charge < -0.3 is 19.1 Å². The van der Waals surface area contributed by atoms with E-state index in [0.29, 0.717) is 5.56 Å². The smallest absolute Gasteiger partial charge is 0.340 e. The number of ether oxygens (including phenoxy) is 1. The lowest BCUT2D eigenvalue weighted by Gasteiger charge is -2.32. The molecular weight excluding hydrogens is 494 g/mol. The van der Waals surface area contributed by atoms with Crippen molar-refractivity contribution in [3.63, 3.8) is 0 Å². The number of hydrogen-bond acceptors (Lipinski definition) is 4. The zero-order chi connectivity index (χ0) is 28.0. The topological polar surface area (TPSA) is 37.7 Å². The van der Waals surface area contributed by atoms with Crippen molar-refractivity contribution in [1.82, 2.24) is 4.57 Å². The number of cyclic esters (lactones) is 1. The number of carbonyl (C=O) groups excluding carboxylic acids is 1. The molecule has 0 saturated carbocycles. The van der Waals surface area contributed by atoms with Crippen LogP contribution in [-0.2, 0) is 17.4 Å². The van der Waals surface area contributed by atoms with Gasteiger partial charge in [-0.3, -0.25) is 0 Å². The Morgan fingerprint density at radius 3 is 2.12 bits per heavy atom. The Kier molecular flexibility index (Phi) is 6.38. The zero-order valence-electron chi connectivity index (χ0n) is 23.8. The fraction of sp³-hybridized carbons (Fsp3) is 0.229. The molecule has 0 N–H and O–H groups in total. The van der Waals surface area contributed by atoms with Crippen LogP contribution in [0.4, 0.5) is 11.4 Å². The van der Waals surface area contributed by atoms with Gasteiger partial charge in [-0.25, -0.2) is 4.79 Å². The molecule has 2 heterocycles. The number of hydrogen-bond donors (Lipinski definition) is 0. The second-order valence-corrected chi connectivity index (χ2v) is 10.6. The van der Waals surface area contributed by atoms with E-state index in [2.05, 4.69) is 114 Å². The van der Waals surface area contributed by atoms with E-state index < -0.39 is 5.60 Å². The number of carbonyl (C=O) groups is 1. The molecule has 0 spiro atoms. The monoisotopic (exact) mass is 529 g/mol. The minimum atomic E-state index is -1.13. The van der Waals surface area contributed by atoms with Crippen LogP contribution in [0.5, 0.6) is 0 Å². The Morgan fingerprint density at radius 1 is 0.800 bits per heavy atom. The first-order valence-electron chi connectivity index (χ1n) is 13.9. The molecular formula is C35H35N3O2. The molecule has 0 aliphatic carbocycles. The van der Waals surface area contributed by atoms with Gasteiger partial charge in [0.25, 0.3) is 0 Å². The molecule has 0 saturated heterocycles. The lowest BCUT2D eigenvalue weighted by Crippen LogP contribution is -2.31. The van der Waals surface area contributed by atoms with Crippen LogP contribution in [0.3, 0.4) is 0 Å². The van der Waals surface area contributed by atoms with Gasteiger partial charge in [-0.1, -0.05) is 60.7 Å².